The molecule has 0 radical (unpaired) electrons. The number of fused-ring (bicyclic) bond motifs is 1. The van der Waals surface area contributed by atoms with Gasteiger partial charge in [-0.3, -0.25) is 0 Å². The Labute approximate surface area is 185 Å². The molecule has 32 heavy (non-hydrogen) atoms. The Balaban J connectivity index is 1.35. The Bertz CT molecular complexity index is 1180. The van der Waals surface area contributed by atoms with Crippen LogP contribution in [0.3, 0.4) is 0 Å². The Hall–Kier alpha value is -3.24. The average Bonchev–Trinajstić information content (AvgIpc) is 3.20. The number of nitrogens with one attached hydrogen (secondary N) is 1. The van der Waals surface area contributed by atoms with Crippen LogP contribution in [-0.4, -0.2) is 37.1 Å². The Morgan fingerprint density at radius 2 is 1.91 bits per heavy atom. The summed E-state index contributed by atoms with van der Waals surface area (Å²) in [5, 5.41) is 6.45. The van der Waals surface area contributed by atoms with Crippen LogP contribution >= 0.6 is 0 Å². The van der Waals surface area contributed by atoms with Gasteiger partial charge in [-0.05, 0) is 47.8 Å². The number of rotatable bonds is 7. The molecule has 10 heteroatoms. The van der Waals surface area contributed by atoms with E-state index in [-0.39, 0.29) is 30.3 Å². The Kier molecular flexibility index (Phi) is 6.52. The van der Waals surface area contributed by atoms with Crippen molar-refractivity contribution in [1.29, 1.82) is 0 Å². The zero-order valence-corrected chi connectivity index (χ0v) is 18.0. The van der Waals surface area contributed by atoms with Crippen molar-refractivity contribution in [2.45, 2.75) is 30.7 Å². The highest BCUT2D eigenvalue weighted by Crippen LogP contribution is 2.30. The van der Waals surface area contributed by atoms with Crippen LogP contribution < -0.4 is 10.1 Å². The van der Waals surface area contributed by atoms with E-state index < -0.39 is 21.9 Å². The minimum atomic E-state index is -3.85. The quantitative estimate of drug-likeness (QED) is 0.544. The molecule has 0 bridgehead atoms. The van der Waals surface area contributed by atoms with Crippen molar-refractivity contribution < 1.29 is 26.9 Å². The van der Waals surface area contributed by atoms with Crippen molar-refractivity contribution in [2.75, 3.05) is 13.1 Å². The summed E-state index contributed by atoms with van der Waals surface area (Å²) in [7, 11) is -3.85. The van der Waals surface area contributed by atoms with Gasteiger partial charge in [-0.25, -0.2) is 17.6 Å². The van der Waals surface area contributed by atoms with Crippen molar-refractivity contribution in [3.63, 3.8) is 0 Å². The summed E-state index contributed by atoms with van der Waals surface area (Å²) in [5.74, 6) is -0.101. The van der Waals surface area contributed by atoms with Gasteiger partial charge in [-0.15, -0.1) is 0 Å². The van der Waals surface area contributed by atoms with Crippen LogP contribution in [-0.2, 0) is 29.4 Å². The lowest BCUT2D eigenvalue weighted by molar-refractivity contribution is 0.195. The fourth-order valence-electron chi connectivity index (χ4n) is 3.45. The zero-order chi connectivity index (χ0) is 22.6. The van der Waals surface area contributed by atoms with Crippen molar-refractivity contribution in [1.82, 2.24) is 14.8 Å². The van der Waals surface area contributed by atoms with Crippen molar-refractivity contribution in [2.24, 2.45) is 0 Å². The summed E-state index contributed by atoms with van der Waals surface area (Å²) >= 11 is 0. The third-order valence-corrected chi connectivity index (χ3v) is 7.01. The second-order valence-electron chi connectivity index (χ2n) is 7.34. The Morgan fingerprint density at radius 3 is 2.66 bits per heavy atom. The van der Waals surface area contributed by atoms with E-state index >= 15 is 0 Å². The third-order valence-electron chi connectivity index (χ3n) is 5.15. The molecule has 0 saturated heterocycles. The molecular formula is C22H22FN3O5S. The molecular weight excluding hydrogens is 437 g/mol. The molecule has 1 N–H and O–H groups in total. The minimum absolute atomic E-state index is 0.0163. The Morgan fingerprint density at radius 1 is 1.16 bits per heavy atom. The number of ether oxygens (including phenoxy) is 1. The molecule has 1 aliphatic rings. The van der Waals surface area contributed by atoms with Crippen LogP contribution in [0, 0.1) is 5.82 Å². The molecule has 1 aromatic heterocycles. The average molecular weight is 459 g/mol. The number of hydrogen-bond donors (Lipinski definition) is 1. The molecule has 0 fully saturated rings. The van der Waals surface area contributed by atoms with Gasteiger partial charge in [0, 0.05) is 26.1 Å². The fraction of sp³-hybridized carbons (Fsp3) is 0.273. The smallest absolute Gasteiger partial charge is 0.388 e. The molecule has 0 spiro atoms. The molecule has 0 unspecified atom stereocenters. The normalized spacial score (nSPS) is 14.0. The third kappa shape index (κ3) is 4.97. The molecule has 168 valence electrons. The van der Waals surface area contributed by atoms with Crippen LogP contribution in [0.2, 0.25) is 0 Å². The lowest BCUT2D eigenvalue weighted by Gasteiger charge is -2.25. The van der Waals surface area contributed by atoms with Gasteiger partial charge in [0.2, 0.25) is 10.0 Å². The van der Waals surface area contributed by atoms with Gasteiger partial charge in [0.05, 0.1) is 10.5 Å². The van der Waals surface area contributed by atoms with Gasteiger partial charge in [0.1, 0.15) is 11.6 Å². The SMILES string of the molecule is O=C(NCCCc1ccccc1)Oc1noc2c1CN(S(=O)(=O)c1ccc(F)cc1)CC2. The van der Waals surface area contributed by atoms with Crippen molar-refractivity contribution >= 4 is 16.1 Å². The number of amides is 1. The predicted molar refractivity (Wildman–Crippen MR) is 113 cm³/mol. The topological polar surface area (TPSA) is 102 Å². The zero-order valence-electron chi connectivity index (χ0n) is 17.2. The number of carbonyl (C=O) groups is 1. The predicted octanol–water partition coefficient (Wildman–Crippen LogP) is 3.28. The molecule has 1 amide bonds. The van der Waals surface area contributed by atoms with E-state index in [2.05, 4.69) is 10.5 Å². The van der Waals surface area contributed by atoms with E-state index in [0.29, 0.717) is 17.9 Å². The lowest BCUT2D eigenvalue weighted by Crippen LogP contribution is -2.36. The number of aryl methyl sites for hydroxylation is 1. The van der Waals surface area contributed by atoms with Crippen LogP contribution in [0.1, 0.15) is 23.3 Å². The first-order valence-corrected chi connectivity index (χ1v) is 11.6. The van der Waals surface area contributed by atoms with E-state index in [4.69, 9.17) is 9.26 Å². The number of halogens is 1. The minimum Gasteiger partial charge on any atom is -0.388 e. The maximum Gasteiger partial charge on any atom is 0.414 e. The van der Waals surface area contributed by atoms with Crippen LogP contribution in [0.5, 0.6) is 5.88 Å². The number of aromatic nitrogens is 1. The summed E-state index contributed by atoms with van der Waals surface area (Å²) in [4.78, 5) is 12.1. The first kappa shape index (κ1) is 22.0. The molecule has 0 aliphatic carbocycles. The first-order chi connectivity index (χ1) is 15.4. The molecule has 1 aliphatic heterocycles. The molecule has 3 aromatic rings. The van der Waals surface area contributed by atoms with E-state index in [1.807, 2.05) is 30.3 Å². The standard InChI is InChI=1S/C22H22FN3O5S/c23-17-8-10-18(11-9-17)32(28,29)26-14-12-20-19(15-26)21(25-31-20)30-22(27)24-13-4-7-16-5-2-1-3-6-16/h1-3,5-6,8-11H,4,7,12-15H2,(H,24,27). The van der Waals surface area contributed by atoms with Gasteiger partial charge >= 0.3 is 6.09 Å². The summed E-state index contributed by atoms with van der Waals surface area (Å²) in [5.41, 5.74) is 1.58. The number of hydrogen-bond acceptors (Lipinski definition) is 6. The fourth-order valence-corrected chi connectivity index (χ4v) is 4.86. The highest BCUT2D eigenvalue weighted by atomic mass is 32.2. The molecule has 4 rings (SSSR count). The van der Waals surface area contributed by atoms with E-state index in [9.17, 15) is 17.6 Å². The largest absolute Gasteiger partial charge is 0.414 e. The summed E-state index contributed by atoms with van der Waals surface area (Å²) < 4.78 is 50.7. The summed E-state index contributed by atoms with van der Waals surface area (Å²) in [6.45, 7) is 0.529. The van der Waals surface area contributed by atoms with Gasteiger partial charge in [0.15, 0.2) is 0 Å². The molecule has 0 saturated carbocycles. The van der Waals surface area contributed by atoms with E-state index in [1.165, 1.54) is 22.0 Å². The molecule has 2 aromatic carbocycles. The van der Waals surface area contributed by atoms with Gasteiger partial charge < -0.3 is 14.6 Å². The van der Waals surface area contributed by atoms with Gasteiger partial charge in [-0.2, -0.15) is 4.31 Å². The number of benzene rings is 2. The van der Waals surface area contributed by atoms with E-state index in [0.717, 1.165) is 25.0 Å². The highest BCUT2D eigenvalue weighted by molar-refractivity contribution is 7.89. The van der Waals surface area contributed by atoms with Crippen LogP contribution in [0.4, 0.5) is 9.18 Å². The molecule has 0 atom stereocenters. The van der Waals surface area contributed by atoms with Crippen molar-refractivity contribution in [3.8, 4) is 5.88 Å². The summed E-state index contributed by atoms with van der Waals surface area (Å²) in [6.07, 6.45) is 1.15. The van der Waals surface area contributed by atoms with Gasteiger partial charge in [-0.1, -0.05) is 30.3 Å². The molecule has 8 nitrogen and oxygen atoms in total. The number of nitrogens with zero attached hydrogens (tertiary/aromatic N) is 2. The first-order valence-electron chi connectivity index (χ1n) is 10.2. The second-order valence-corrected chi connectivity index (χ2v) is 9.28. The summed E-state index contributed by atoms with van der Waals surface area (Å²) in [6, 6.07) is 14.5. The molecule has 2 heterocycles. The number of sulfonamides is 1. The maximum atomic E-state index is 13.2. The van der Waals surface area contributed by atoms with E-state index in [1.54, 1.807) is 0 Å². The van der Waals surface area contributed by atoms with Crippen molar-refractivity contribution in [3.05, 3.63) is 77.3 Å². The highest BCUT2D eigenvalue weighted by Gasteiger charge is 2.33. The second kappa shape index (κ2) is 9.49. The monoisotopic (exact) mass is 459 g/mol. The van der Waals surface area contributed by atoms with Gasteiger partial charge in [0.25, 0.3) is 5.88 Å². The number of carbonyl (C=O) groups excluding carboxylic acids is 1. The lowest BCUT2D eigenvalue weighted by atomic mass is 10.1. The van der Waals surface area contributed by atoms with Crippen LogP contribution in [0.25, 0.3) is 0 Å². The van der Waals surface area contributed by atoms with Crippen LogP contribution in [0.15, 0.2) is 64.0 Å². The maximum absolute atomic E-state index is 13.2.